The largest absolute Gasteiger partial charge is 0.444 e. The predicted octanol–water partition coefficient (Wildman–Crippen LogP) is 5.54. The van der Waals surface area contributed by atoms with E-state index in [0.29, 0.717) is 29.5 Å². The van der Waals surface area contributed by atoms with Gasteiger partial charge in [-0.2, -0.15) is 0 Å². The minimum Gasteiger partial charge on any atom is -0.444 e. The van der Waals surface area contributed by atoms with Gasteiger partial charge in [0, 0.05) is 29.3 Å². The summed E-state index contributed by atoms with van der Waals surface area (Å²) in [4.78, 5) is 33.7. The minimum absolute atomic E-state index is 0.209. The molecule has 2 amide bonds. The first kappa shape index (κ1) is 22.6. The Balaban J connectivity index is 1.92. The van der Waals surface area contributed by atoms with Crippen LogP contribution in [0.15, 0.2) is 47.1 Å². The van der Waals surface area contributed by atoms with Crippen LogP contribution in [0.1, 0.15) is 44.0 Å². The van der Waals surface area contributed by atoms with E-state index in [2.05, 4.69) is 20.9 Å². The summed E-state index contributed by atoms with van der Waals surface area (Å²) < 4.78 is 6.41. The molecule has 2 aromatic rings. The summed E-state index contributed by atoms with van der Waals surface area (Å²) in [5.41, 5.74) is -0.0596. The van der Waals surface area contributed by atoms with Crippen LogP contribution in [-0.2, 0) is 4.74 Å². The number of halogens is 2. The Bertz CT molecular complexity index is 915. The van der Waals surface area contributed by atoms with Gasteiger partial charge in [0.1, 0.15) is 5.60 Å². The van der Waals surface area contributed by atoms with Crippen LogP contribution >= 0.6 is 27.5 Å². The van der Waals surface area contributed by atoms with Crippen LogP contribution in [0.5, 0.6) is 0 Å². The van der Waals surface area contributed by atoms with Gasteiger partial charge in [-0.25, -0.2) is 9.78 Å². The van der Waals surface area contributed by atoms with Crippen molar-refractivity contribution in [2.24, 2.45) is 0 Å². The molecule has 1 aromatic heterocycles. The molecule has 1 unspecified atom stereocenters. The van der Waals surface area contributed by atoms with Crippen LogP contribution in [0.4, 0.5) is 10.6 Å². The number of ether oxygens (including phenoxy) is 1. The van der Waals surface area contributed by atoms with Crippen LogP contribution in [0.2, 0.25) is 5.02 Å². The molecule has 2 heterocycles. The maximum atomic E-state index is 13.5. The fourth-order valence-corrected chi connectivity index (χ4v) is 3.86. The summed E-state index contributed by atoms with van der Waals surface area (Å²) in [7, 11) is 0. The fourth-order valence-electron chi connectivity index (χ4n) is 3.38. The predicted molar refractivity (Wildman–Crippen MR) is 121 cm³/mol. The van der Waals surface area contributed by atoms with Crippen molar-refractivity contribution in [1.29, 1.82) is 0 Å². The average molecular weight is 495 g/mol. The van der Waals surface area contributed by atoms with E-state index in [-0.39, 0.29) is 18.0 Å². The SMILES string of the molecule is CC(C)(C)OC(=O)N1CCCC(N(C(=O)c2ccc(Br)cc2)c2ncccc2Cl)C1. The summed E-state index contributed by atoms with van der Waals surface area (Å²) in [6.07, 6.45) is 2.71. The molecule has 1 saturated heterocycles. The highest BCUT2D eigenvalue weighted by Crippen LogP contribution is 2.30. The van der Waals surface area contributed by atoms with Crippen molar-refractivity contribution in [3.8, 4) is 0 Å². The van der Waals surface area contributed by atoms with Crippen molar-refractivity contribution in [3.63, 3.8) is 0 Å². The van der Waals surface area contributed by atoms with Gasteiger partial charge in [0.05, 0.1) is 11.1 Å². The summed E-state index contributed by atoms with van der Waals surface area (Å²) in [5, 5.41) is 0.386. The molecule has 1 aliphatic rings. The van der Waals surface area contributed by atoms with Crippen LogP contribution in [0, 0.1) is 0 Å². The molecule has 0 spiro atoms. The number of likely N-dealkylation sites (tertiary alicyclic amines) is 1. The summed E-state index contributed by atoms with van der Waals surface area (Å²) >= 11 is 9.81. The van der Waals surface area contributed by atoms with Crippen LogP contribution in [0.3, 0.4) is 0 Å². The van der Waals surface area contributed by atoms with E-state index in [9.17, 15) is 9.59 Å². The van der Waals surface area contributed by atoms with E-state index >= 15 is 0 Å². The molecule has 30 heavy (non-hydrogen) atoms. The Morgan fingerprint density at radius 1 is 1.23 bits per heavy atom. The Labute approximate surface area is 190 Å². The maximum absolute atomic E-state index is 13.5. The number of carbonyl (C=O) groups is 2. The van der Waals surface area contributed by atoms with Gasteiger partial charge in [0.15, 0.2) is 5.82 Å². The van der Waals surface area contributed by atoms with E-state index in [1.807, 2.05) is 32.9 Å². The van der Waals surface area contributed by atoms with Crippen molar-refractivity contribution < 1.29 is 14.3 Å². The van der Waals surface area contributed by atoms with Gasteiger partial charge in [0.2, 0.25) is 0 Å². The van der Waals surface area contributed by atoms with Gasteiger partial charge in [-0.1, -0.05) is 27.5 Å². The van der Waals surface area contributed by atoms with E-state index in [0.717, 1.165) is 17.3 Å². The Morgan fingerprint density at radius 3 is 2.57 bits per heavy atom. The third-order valence-corrected chi connectivity index (χ3v) is 5.51. The smallest absolute Gasteiger partial charge is 0.410 e. The first-order chi connectivity index (χ1) is 14.2. The number of rotatable bonds is 3. The molecular formula is C22H25BrClN3O3. The number of hydrogen-bond acceptors (Lipinski definition) is 4. The molecule has 0 saturated carbocycles. The number of aromatic nitrogens is 1. The van der Waals surface area contributed by atoms with E-state index in [4.69, 9.17) is 16.3 Å². The van der Waals surface area contributed by atoms with Gasteiger partial charge in [-0.05, 0) is 70.0 Å². The van der Waals surface area contributed by atoms with Crippen molar-refractivity contribution in [1.82, 2.24) is 9.88 Å². The lowest BCUT2D eigenvalue weighted by Gasteiger charge is -2.39. The number of nitrogens with zero attached hydrogens (tertiary/aromatic N) is 3. The van der Waals surface area contributed by atoms with Gasteiger partial charge in [-0.3, -0.25) is 9.69 Å². The van der Waals surface area contributed by atoms with Crippen molar-refractivity contribution in [2.75, 3.05) is 18.0 Å². The normalized spacial score (nSPS) is 16.8. The molecule has 1 aliphatic heterocycles. The minimum atomic E-state index is -0.582. The lowest BCUT2D eigenvalue weighted by molar-refractivity contribution is 0.0196. The molecule has 0 N–H and O–H groups in total. The Kier molecular flexibility index (Phi) is 7.03. The first-order valence-corrected chi connectivity index (χ1v) is 11.0. The number of benzene rings is 1. The molecule has 0 radical (unpaired) electrons. The monoisotopic (exact) mass is 493 g/mol. The first-order valence-electron chi connectivity index (χ1n) is 9.83. The third-order valence-electron chi connectivity index (χ3n) is 4.69. The molecule has 1 aromatic carbocycles. The number of anilines is 1. The van der Waals surface area contributed by atoms with Crippen LogP contribution in [-0.4, -0.2) is 46.6 Å². The zero-order valence-electron chi connectivity index (χ0n) is 17.3. The molecule has 160 valence electrons. The lowest BCUT2D eigenvalue weighted by atomic mass is 10.0. The summed E-state index contributed by atoms with van der Waals surface area (Å²) in [6.45, 7) is 6.45. The molecule has 3 rings (SSSR count). The standard InChI is InChI=1S/C22H25BrClN3O3/c1-22(2,3)30-21(29)26-13-5-6-17(14-26)27(19-18(24)7-4-12-25-19)20(28)15-8-10-16(23)11-9-15/h4,7-12,17H,5-6,13-14H2,1-3H3. The van der Waals surface area contributed by atoms with Gasteiger partial charge in [0.25, 0.3) is 5.91 Å². The number of carbonyl (C=O) groups excluding carboxylic acids is 2. The molecule has 0 bridgehead atoms. The molecular weight excluding hydrogens is 470 g/mol. The second-order valence-electron chi connectivity index (χ2n) is 8.21. The zero-order chi connectivity index (χ0) is 21.9. The summed E-state index contributed by atoms with van der Waals surface area (Å²) in [5.74, 6) is 0.183. The second kappa shape index (κ2) is 9.35. The highest BCUT2D eigenvalue weighted by molar-refractivity contribution is 9.10. The summed E-state index contributed by atoms with van der Waals surface area (Å²) in [6, 6.07) is 10.3. The average Bonchev–Trinajstić information content (AvgIpc) is 2.69. The molecule has 1 atom stereocenters. The number of piperidine rings is 1. The number of pyridine rings is 1. The van der Waals surface area contributed by atoms with Gasteiger partial charge in [-0.15, -0.1) is 0 Å². The maximum Gasteiger partial charge on any atom is 0.410 e. The zero-order valence-corrected chi connectivity index (χ0v) is 19.6. The van der Waals surface area contributed by atoms with E-state index in [1.54, 1.807) is 40.3 Å². The van der Waals surface area contributed by atoms with Crippen LogP contribution < -0.4 is 4.90 Å². The van der Waals surface area contributed by atoms with Crippen LogP contribution in [0.25, 0.3) is 0 Å². The van der Waals surface area contributed by atoms with Gasteiger partial charge >= 0.3 is 6.09 Å². The topological polar surface area (TPSA) is 62.7 Å². The molecule has 6 nitrogen and oxygen atoms in total. The Morgan fingerprint density at radius 2 is 1.93 bits per heavy atom. The second-order valence-corrected chi connectivity index (χ2v) is 9.54. The molecule has 0 aliphatic carbocycles. The number of amides is 2. The van der Waals surface area contributed by atoms with E-state index < -0.39 is 5.60 Å². The molecule has 1 fully saturated rings. The lowest BCUT2D eigenvalue weighted by Crippen LogP contribution is -2.53. The fraction of sp³-hybridized carbons (Fsp3) is 0.409. The van der Waals surface area contributed by atoms with E-state index in [1.165, 1.54) is 0 Å². The Hall–Kier alpha value is -2.12. The molecule has 8 heteroatoms. The number of hydrogen-bond donors (Lipinski definition) is 0. The van der Waals surface area contributed by atoms with Crippen molar-refractivity contribution in [2.45, 2.75) is 45.3 Å². The third kappa shape index (κ3) is 5.52. The van der Waals surface area contributed by atoms with Crippen molar-refractivity contribution >= 4 is 45.3 Å². The highest BCUT2D eigenvalue weighted by atomic mass is 79.9. The quantitative estimate of drug-likeness (QED) is 0.562. The highest BCUT2D eigenvalue weighted by Gasteiger charge is 2.35. The van der Waals surface area contributed by atoms with Crippen molar-refractivity contribution in [3.05, 3.63) is 57.7 Å². The van der Waals surface area contributed by atoms with Gasteiger partial charge < -0.3 is 9.64 Å².